The molecule has 4 heteroatoms. The maximum Gasteiger partial charge on any atom is 0.310 e. The third-order valence-corrected chi connectivity index (χ3v) is 7.70. The Balaban J connectivity index is 1.58. The van der Waals surface area contributed by atoms with Gasteiger partial charge in [-0.1, -0.05) is 72.8 Å². The Bertz CT molecular complexity index is 1750. The van der Waals surface area contributed by atoms with Gasteiger partial charge in [0.15, 0.2) is 0 Å². The molecule has 6 rings (SSSR count). The monoisotopic (exact) mass is 472 g/mol. The molecule has 178 valence electrons. The quantitative estimate of drug-likeness (QED) is 0.272. The molecule has 5 aromatic carbocycles. The fourth-order valence-electron chi connectivity index (χ4n) is 4.77. The summed E-state index contributed by atoms with van der Waals surface area (Å²) in [6.07, 6.45) is 0. The number of hydrogen-bond acceptors (Lipinski definition) is 3. The van der Waals surface area contributed by atoms with Crippen LogP contribution < -0.4 is 5.46 Å². The summed E-state index contributed by atoms with van der Waals surface area (Å²) in [5.74, 6) is 0. The lowest BCUT2D eigenvalue weighted by Crippen LogP contribution is -2.49. The standard InChI is InChI=1S/C32H29BO3/c1-31(2,34)32(3,4)36-33-27-16-15-25(24-14-13-20-9-5-6-10-21(20)17-24)30-29(27)26-18-22-11-7-8-12-23(22)19-28(26)35-30/h5-19,33-34H,1-4H3. The Morgan fingerprint density at radius 3 is 2.06 bits per heavy atom. The van der Waals surface area contributed by atoms with Gasteiger partial charge in [-0.05, 0) is 78.5 Å². The van der Waals surface area contributed by atoms with Crippen molar-refractivity contribution in [1.82, 2.24) is 0 Å². The van der Waals surface area contributed by atoms with E-state index in [1.165, 1.54) is 16.2 Å². The Kier molecular flexibility index (Phi) is 5.22. The van der Waals surface area contributed by atoms with Crippen LogP contribution in [0.15, 0.2) is 95.4 Å². The van der Waals surface area contributed by atoms with Crippen molar-refractivity contribution >= 4 is 56.4 Å². The second-order valence-corrected chi connectivity index (χ2v) is 10.7. The van der Waals surface area contributed by atoms with Crippen LogP contribution in [-0.2, 0) is 4.65 Å². The Morgan fingerprint density at radius 1 is 0.722 bits per heavy atom. The SMILES string of the molecule is CC(C)(O)C(C)(C)OBc1ccc(-c2ccc3ccccc3c2)c2oc3cc4ccccc4cc3c12. The zero-order valence-corrected chi connectivity index (χ0v) is 21.1. The van der Waals surface area contributed by atoms with Gasteiger partial charge in [-0.3, -0.25) is 0 Å². The molecule has 6 aromatic rings. The maximum absolute atomic E-state index is 10.6. The highest BCUT2D eigenvalue weighted by Crippen LogP contribution is 2.37. The van der Waals surface area contributed by atoms with Gasteiger partial charge in [0.25, 0.3) is 0 Å². The minimum atomic E-state index is -0.980. The van der Waals surface area contributed by atoms with Crippen LogP contribution >= 0.6 is 0 Å². The molecule has 0 saturated heterocycles. The van der Waals surface area contributed by atoms with E-state index in [0.29, 0.717) is 7.48 Å². The van der Waals surface area contributed by atoms with Crippen molar-refractivity contribution in [2.45, 2.75) is 38.9 Å². The number of hydrogen-bond donors (Lipinski definition) is 1. The summed E-state index contributed by atoms with van der Waals surface area (Å²) in [5, 5.41) is 17.5. The molecule has 1 heterocycles. The molecular weight excluding hydrogens is 443 g/mol. The van der Waals surface area contributed by atoms with Crippen LogP contribution in [0.1, 0.15) is 27.7 Å². The summed E-state index contributed by atoms with van der Waals surface area (Å²) in [6.45, 7) is 7.42. The largest absolute Gasteiger partial charge is 0.455 e. The fraction of sp³-hybridized carbons (Fsp3) is 0.188. The van der Waals surface area contributed by atoms with Gasteiger partial charge in [0, 0.05) is 16.3 Å². The number of aliphatic hydroxyl groups is 1. The van der Waals surface area contributed by atoms with Crippen LogP contribution in [0.25, 0.3) is 54.6 Å². The molecule has 0 bridgehead atoms. The first-order valence-corrected chi connectivity index (χ1v) is 12.4. The van der Waals surface area contributed by atoms with Crippen LogP contribution in [0.3, 0.4) is 0 Å². The van der Waals surface area contributed by atoms with E-state index >= 15 is 0 Å². The van der Waals surface area contributed by atoms with Crippen molar-refractivity contribution in [2.24, 2.45) is 0 Å². The normalized spacial score (nSPS) is 12.7. The van der Waals surface area contributed by atoms with Gasteiger partial charge in [-0.2, -0.15) is 0 Å². The van der Waals surface area contributed by atoms with E-state index in [4.69, 9.17) is 9.07 Å². The van der Waals surface area contributed by atoms with E-state index in [-0.39, 0.29) is 0 Å². The molecule has 1 aromatic heterocycles. The third-order valence-electron chi connectivity index (χ3n) is 7.70. The van der Waals surface area contributed by atoms with E-state index in [1.54, 1.807) is 13.8 Å². The van der Waals surface area contributed by atoms with Gasteiger partial charge >= 0.3 is 7.48 Å². The van der Waals surface area contributed by atoms with E-state index < -0.39 is 11.2 Å². The molecular formula is C32H29BO3. The van der Waals surface area contributed by atoms with Gasteiger partial charge in [0.2, 0.25) is 0 Å². The van der Waals surface area contributed by atoms with Crippen LogP contribution in [0.2, 0.25) is 0 Å². The summed E-state index contributed by atoms with van der Waals surface area (Å²) in [6, 6.07) is 31.9. The minimum absolute atomic E-state index is 0.368. The van der Waals surface area contributed by atoms with Crippen molar-refractivity contribution in [2.75, 3.05) is 0 Å². The lowest BCUT2D eigenvalue weighted by atomic mass is 9.79. The average molecular weight is 472 g/mol. The van der Waals surface area contributed by atoms with Crippen LogP contribution in [0, 0.1) is 0 Å². The zero-order chi connectivity index (χ0) is 25.1. The molecule has 0 spiro atoms. The van der Waals surface area contributed by atoms with E-state index in [0.717, 1.165) is 43.9 Å². The third kappa shape index (κ3) is 3.78. The molecule has 0 aliphatic rings. The van der Waals surface area contributed by atoms with Crippen molar-refractivity contribution in [3.8, 4) is 11.1 Å². The highest BCUT2D eigenvalue weighted by atomic mass is 16.5. The van der Waals surface area contributed by atoms with Gasteiger partial charge < -0.3 is 14.2 Å². The summed E-state index contributed by atoms with van der Waals surface area (Å²) >= 11 is 0. The van der Waals surface area contributed by atoms with Crippen LogP contribution in [0.5, 0.6) is 0 Å². The smallest absolute Gasteiger partial charge is 0.310 e. The summed E-state index contributed by atoms with van der Waals surface area (Å²) in [4.78, 5) is 0. The molecule has 0 amide bonds. The molecule has 0 saturated carbocycles. The van der Waals surface area contributed by atoms with Gasteiger partial charge in [0.05, 0.1) is 11.2 Å². The topological polar surface area (TPSA) is 42.6 Å². The fourth-order valence-corrected chi connectivity index (χ4v) is 4.77. The van der Waals surface area contributed by atoms with Crippen molar-refractivity contribution < 1.29 is 14.2 Å². The van der Waals surface area contributed by atoms with Crippen molar-refractivity contribution in [3.05, 3.63) is 91.0 Å². The molecule has 0 radical (unpaired) electrons. The summed E-state index contributed by atoms with van der Waals surface area (Å²) < 4.78 is 12.9. The first-order chi connectivity index (χ1) is 17.2. The molecule has 0 fully saturated rings. The predicted molar refractivity (Wildman–Crippen MR) is 152 cm³/mol. The molecule has 0 aliphatic carbocycles. The predicted octanol–water partition coefficient (Wildman–Crippen LogP) is 7.10. The lowest BCUT2D eigenvalue weighted by molar-refractivity contribution is -0.0893. The van der Waals surface area contributed by atoms with Crippen LogP contribution in [0.4, 0.5) is 0 Å². The summed E-state index contributed by atoms with van der Waals surface area (Å²) in [7, 11) is 0.368. The first kappa shape index (κ1) is 22.8. The minimum Gasteiger partial charge on any atom is -0.455 e. The molecule has 36 heavy (non-hydrogen) atoms. The molecule has 0 atom stereocenters. The van der Waals surface area contributed by atoms with Gasteiger partial charge in [-0.15, -0.1) is 0 Å². The summed E-state index contributed by atoms with van der Waals surface area (Å²) in [5.41, 5.74) is 3.24. The van der Waals surface area contributed by atoms with Crippen LogP contribution in [-0.4, -0.2) is 23.8 Å². The Labute approximate surface area is 211 Å². The van der Waals surface area contributed by atoms with E-state index in [9.17, 15) is 5.11 Å². The molecule has 0 aliphatic heterocycles. The van der Waals surface area contributed by atoms with E-state index in [2.05, 4.69) is 91.0 Å². The molecule has 0 unspecified atom stereocenters. The first-order valence-electron chi connectivity index (χ1n) is 12.4. The second kappa shape index (κ2) is 8.23. The lowest BCUT2D eigenvalue weighted by Gasteiger charge is -2.37. The Hall–Kier alpha value is -3.60. The average Bonchev–Trinajstić information content (AvgIpc) is 3.23. The number of benzene rings is 5. The number of fused-ring (bicyclic) bond motifs is 5. The van der Waals surface area contributed by atoms with Gasteiger partial charge in [-0.25, -0.2) is 0 Å². The van der Waals surface area contributed by atoms with E-state index in [1.807, 2.05) is 13.8 Å². The number of furan rings is 1. The van der Waals surface area contributed by atoms with Crippen molar-refractivity contribution in [1.29, 1.82) is 0 Å². The second-order valence-electron chi connectivity index (χ2n) is 10.7. The highest BCUT2D eigenvalue weighted by Gasteiger charge is 2.36. The Morgan fingerprint density at radius 2 is 1.36 bits per heavy atom. The molecule has 1 N–H and O–H groups in total. The highest BCUT2D eigenvalue weighted by molar-refractivity contribution is 6.53. The maximum atomic E-state index is 10.6. The molecule has 3 nitrogen and oxygen atoms in total. The van der Waals surface area contributed by atoms with Gasteiger partial charge in [0.1, 0.15) is 11.2 Å². The number of rotatable bonds is 5. The zero-order valence-electron chi connectivity index (χ0n) is 21.1. The van der Waals surface area contributed by atoms with Crippen molar-refractivity contribution in [3.63, 3.8) is 0 Å².